The number of hydrogen-bond donors (Lipinski definition) is 2. The van der Waals surface area contributed by atoms with E-state index < -0.39 is 0 Å². The van der Waals surface area contributed by atoms with Gasteiger partial charge in [0.15, 0.2) is 0 Å². The number of nitrogens with zero attached hydrogens (tertiary/aromatic N) is 2. The summed E-state index contributed by atoms with van der Waals surface area (Å²) < 4.78 is 0. The summed E-state index contributed by atoms with van der Waals surface area (Å²) in [7, 11) is 0. The van der Waals surface area contributed by atoms with Crippen molar-refractivity contribution in [2.75, 3.05) is 11.5 Å². The molecule has 0 atom stereocenters. The maximum absolute atomic E-state index is 10.1. The Hall–Kier alpha value is -6.60. The van der Waals surface area contributed by atoms with Crippen molar-refractivity contribution in [1.29, 1.82) is 0 Å². The van der Waals surface area contributed by atoms with E-state index in [1.807, 2.05) is 36.4 Å². The first-order chi connectivity index (χ1) is 29.1. The van der Waals surface area contributed by atoms with Crippen LogP contribution < -0.4 is 0 Å². The first-order valence-electron chi connectivity index (χ1n) is 19.6. The maximum atomic E-state index is 10.1. The lowest BCUT2D eigenvalue weighted by molar-refractivity contribution is 0.475. The molecule has 59 heavy (non-hydrogen) atoms. The van der Waals surface area contributed by atoms with Gasteiger partial charge in [-0.1, -0.05) is 146 Å². The van der Waals surface area contributed by atoms with Gasteiger partial charge in [0.2, 0.25) is 0 Å². The third kappa shape index (κ3) is 8.51. The highest BCUT2D eigenvalue weighted by molar-refractivity contribution is 8.27. The molecule has 1 aliphatic heterocycles. The van der Waals surface area contributed by atoms with Crippen molar-refractivity contribution in [2.45, 2.75) is 6.54 Å². The fourth-order valence-corrected chi connectivity index (χ4v) is 9.59. The van der Waals surface area contributed by atoms with Crippen molar-refractivity contribution >= 4 is 39.3 Å². The summed E-state index contributed by atoms with van der Waals surface area (Å²) in [6.07, 6.45) is 0. The molecule has 0 unspecified atom stereocenters. The fourth-order valence-electron chi connectivity index (χ4n) is 7.51. The standard InChI is InChI=1S/C53H40N2O2S2/c56-44-25-21-36(22-26-44)42-31-46(38-13-5-1-6-14-38)50(47(32-42)39-15-7-2-8-16-39)35-54-52-53(59-30-29-58-52)55-51-48(40-17-9-3-10-18-40)33-43(37-23-27-45(57)28-24-37)34-49(51)41-19-11-4-12-20-41/h1-28,31-34,56-57H,29-30,35H2. The lowest BCUT2D eigenvalue weighted by Gasteiger charge is -2.20. The third-order valence-electron chi connectivity index (χ3n) is 10.4. The number of aromatic hydroxyl groups is 2. The van der Waals surface area contributed by atoms with Crippen LogP contribution >= 0.6 is 23.5 Å². The van der Waals surface area contributed by atoms with Crippen LogP contribution in [0.4, 0.5) is 5.69 Å². The summed E-state index contributed by atoms with van der Waals surface area (Å²) in [5, 5.41) is 22.1. The van der Waals surface area contributed by atoms with Crippen molar-refractivity contribution in [3.63, 3.8) is 0 Å². The van der Waals surface area contributed by atoms with Crippen molar-refractivity contribution in [1.82, 2.24) is 0 Å². The average Bonchev–Trinajstić information content (AvgIpc) is 3.30. The van der Waals surface area contributed by atoms with E-state index in [0.29, 0.717) is 6.54 Å². The summed E-state index contributed by atoms with van der Waals surface area (Å²) in [5.41, 5.74) is 14.9. The van der Waals surface area contributed by atoms with E-state index in [-0.39, 0.29) is 11.5 Å². The molecule has 0 saturated carbocycles. The maximum Gasteiger partial charge on any atom is 0.129 e. The summed E-state index contributed by atoms with van der Waals surface area (Å²) in [6.45, 7) is 0.461. The predicted molar refractivity (Wildman–Crippen MR) is 252 cm³/mol. The summed E-state index contributed by atoms with van der Waals surface area (Å²) in [5.74, 6) is 2.35. The molecule has 0 amide bonds. The van der Waals surface area contributed by atoms with Crippen LogP contribution in [0.2, 0.25) is 0 Å². The lowest BCUT2D eigenvalue weighted by atomic mass is 9.88. The van der Waals surface area contributed by atoms with E-state index in [1.54, 1.807) is 47.8 Å². The third-order valence-corrected chi connectivity index (χ3v) is 12.8. The molecule has 0 radical (unpaired) electrons. The van der Waals surface area contributed by atoms with E-state index in [4.69, 9.17) is 9.98 Å². The van der Waals surface area contributed by atoms with E-state index >= 15 is 0 Å². The van der Waals surface area contributed by atoms with Gasteiger partial charge in [-0.15, -0.1) is 23.5 Å². The van der Waals surface area contributed by atoms with Crippen molar-refractivity contribution in [3.05, 3.63) is 200 Å². The largest absolute Gasteiger partial charge is 0.508 e. The van der Waals surface area contributed by atoms with Crippen LogP contribution in [0.3, 0.4) is 0 Å². The normalized spacial score (nSPS) is 14.1. The van der Waals surface area contributed by atoms with E-state index in [1.165, 1.54) is 0 Å². The minimum Gasteiger partial charge on any atom is -0.508 e. The lowest BCUT2D eigenvalue weighted by Crippen LogP contribution is -2.15. The first kappa shape index (κ1) is 37.9. The molecular formula is C53H40N2O2S2. The van der Waals surface area contributed by atoms with Gasteiger partial charge in [-0.05, 0) is 110 Å². The molecule has 0 bridgehead atoms. The zero-order valence-electron chi connectivity index (χ0n) is 32.2. The minimum absolute atomic E-state index is 0.238. The van der Waals surface area contributed by atoms with Crippen LogP contribution in [0, 0.1) is 0 Å². The molecule has 1 saturated heterocycles. The van der Waals surface area contributed by atoms with Gasteiger partial charge in [0.25, 0.3) is 0 Å². The summed E-state index contributed by atoms with van der Waals surface area (Å²) in [6, 6.07) is 65.8. The number of rotatable bonds is 9. The van der Waals surface area contributed by atoms with E-state index in [9.17, 15) is 10.2 Å². The number of phenols is 2. The molecule has 8 aromatic carbocycles. The highest BCUT2D eigenvalue weighted by atomic mass is 32.2. The monoisotopic (exact) mass is 800 g/mol. The van der Waals surface area contributed by atoms with Gasteiger partial charge in [-0.3, -0.25) is 4.99 Å². The van der Waals surface area contributed by atoms with Crippen molar-refractivity contribution in [3.8, 4) is 78.3 Å². The van der Waals surface area contributed by atoms with E-state index in [2.05, 4.69) is 133 Å². The second-order valence-electron chi connectivity index (χ2n) is 14.3. The number of thioether (sulfide) groups is 2. The highest BCUT2D eigenvalue weighted by Crippen LogP contribution is 2.45. The Kier molecular flexibility index (Phi) is 11.2. The Bertz CT molecular complexity index is 2650. The smallest absolute Gasteiger partial charge is 0.129 e. The minimum atomic E-state index is 0.238. The van der Waals surface area contributed by atoms with Gasteiger partial charge in [-0.25, -0.2) is 4.99 Å². The van der Waals surface area contributed by atoms with Crippen LogP contribution in [-0.4, -0.2) is 31.8 Å². The van der Waals surface area contributed by atoms with Gasteiger partial charge in [0.1, 0.15) is 21.6 Å². The van der Waals surface area contributed by atoms with Gasteiger partial charge >= 0.3 is 0 Å². The van der Waals surface area contributed by atoms with Crippen LogP contribution in [0.25, 0.3) is 66.8 Å². The molecule has 2 N–H and O–H groups in total. The van der Waals surface area contributed by atoms with Crippen molar-refractivity contribution in [2.24, 2.45) is 9.98 Å². The van der Waals surface area contributed by atoms with Crippen LogP contribution in [0.15, 0.2) is 204 Å². The molecule has 9 rings (SSSR count). The average molecular weight is 801 g/mol. The Labute approximate surface area is 353 Å². The second-order valence-corrected chi connectivity index (χ2v) is 16.4. The van der Waals surface area contributed by atoms with Gasteiger partial charge < -0.3 is 10.2 Å². The van der Waals surface area contributed by atoms with Crippen molar-refractivity contribution < 1.29 is 10.2 Å². The molecule has 0 aromatic heterocycles. The Balaban J connectivity index is 1.22. The molecule has 1 fully saturated rings. The molecule has 4 nitrogen and oxygen atoms in total. The topological polar surface area (TPSA) is 65.2 Å². The SMILES string of the molecule is Oc1ccc(-c2cc(-c3ccccc3)c(CN=C3SCCSC3=Nc3c(-c4ccccc4)cc(-c4ccc(O)cc4)cc3-c3ccccc3)c(-c3ccccc3)c2)cc1. The van der Waals surface area contributed by atoms with Gasteiger partial charge in [-0.2, -0.15) is 0 Å². The van der Waals surface area contributed by atoms with Crippen LogP contribution in [0.5, 0.6) is 11.5 Å². The molecule has 1 aliphatic rings. The Morgan fingerprint density at radius 1 is 0.373 bits per heavy atom. The molecule has 1 heterocycles. The number of benzene rings is 8. The van der Waals surface area contributed by atoms with Crippen LogP contribution in [-0.2, 0) is 6.54 Å². The molecule has 0 spiro atoms. The number of hydrogen-bond acceptors (Lipinski definition) is 6. The Morgan fingerprint density at radius 2 is 0.729 bits per heavy atom. The highest BCUT2D eigenvalue weighted by Gasteiger charge is 2.22. The molecular weight excluding hydrogens is 761 g/mol. The predicted octanol–water partition coefficient (Wildman–Crippen LogP) is 14.2. The molecule has 286 valence electrons. The van der Waals surface area contributed by atoms with Gasteiger partial charge in [0.05, 0.1) is 12.2 Å². The first-order valence-corrected chi connectivity index (χ1v) is 21.6. The molecule has 8 aromatic rings. The number of phenolic OH excluding ortho intramolecular Hbond substituents is 2. The zero-order chi connectivity index (χ0) is 40.0. The second kappa shape index (κ2) is 17.5. The molecule has 6 heteroatoms. The quantitative estimate of drug-likeness (QED) is 0.153. The zero-order valence-corrected chi connectivity index (χ0v) is 33.8. The Morgan fingerprint density at radius 3 is 1.14 bits per heavy atom. The van der Waals surface area contributed by atoms with E-state index in [0.717, 1.165) is 99.6 Å². The summed E-state index contributed by atoms with van der Waals surface area (Å²) in [4.78, 5) is 11.1. The van der Waals surface area contributed by atoms with Crippen LogP contribution in [0.1, 0.15) is 5.56 Å². The number of aliphatic imine (C=N–C) groups is 2. The van der Waals surface area contributed by atoms with Gasteiger partial charge in [0, 0.05) is 22.6 Å². The fraction of sp³-hybridized carbons (Fsp3) is 0.0566. The summed E-state index contributed by atoms with van der Waals surface area (Å²) >= 11 is 3.53. The molecule has 0 aliphatic carbocycles.